The van der Waals surface area contributed by atoms with Gasteiger partial charge in [-0.2, -0.15) is 0 Å². The van der Waals surface area contributed by atoms with Gasteiger partial charge in [-0.25, -0.2) is 0 Å². The molecule has 0 saturated carbocycles. The number of hydrogen-bond donors (Lipinski definition) is 1. The van der Waals surface area contributed by atoms with E-state index in [1.807, 2.05) is 0 Å². The lowest BCUT2D eigenvalue weighted by molar-refractivity contribution is 0.0660. The first-order valence-electron chi connectivity index (χ1n) is 6.31. The minimum Gasteiger partial charge on any atom is -0.382 e. The Hall–Kier alpha value is -0.160. The molecule has 0 amide bonds. The van der Waals surface area contributed by atoms with E-state index in [2.05, 4.69) is 17.3 Å². The molecule has 1 heterocycles. The number of nitrogens with one attached hydrogen (secondary N) is 1. The van der Waals surface area contributed by atoms with E-state index in [0.29, 0.717) is 19.3 Å². The standard InChI is InChI=1S/C12H26N2O2/c1-14(11-12-5-3-6-13-12)7-4-8-16-10-9-15-2/h12-13H,3-11H2,1-2H3. The Balaban J connectivity index is 1.87. The molecule has 16 heavy (non-hydrogen) atoms. The predicted molar refractivity (Wildman–Crippen MR) is 65.8 cm³/mol. The van der Waals surface area contributed by atoms with Crippen LogP contribution in [0, 0.1) is 0 Å². The van der Waals surface area contributed by atoms with Gasteiger partial charge < -0.3 is 19.7 Å². The number of methoxy groups -OCH3 is 1. The van der Waals surface area contributed by atoms with Gasteiger partial charge in [0.25, 0.3) is 0 Å². The summed E-state index contributed by atoms with van der Waals surface area (Å²) >= 11 is 0. The molecule has 0 aromatic carbocycles. The summed E-state index contributed by atoms with van der Waals surface area (Å²) in [6.07, 6.45) is 3.76. The molecule has 1 fully saturated rings. The Bertz CT molecular complexity index is 161. The fourth-order valence-corrected chi connectivity index (χ4v) is 2.06. The molecule has 1 rings (SSSR count). The number of hydrogen-bond acceptors (Lipinski definition) is 4. The Labute approximate surface area is 99.3 Å². The average molecular weight is 230 g/mol. The van der Waals surface area contributed by atoms with Crippen LogP contribution in [0.5, 0.6) is 0 Å². The van der Waals surface area contributed by atoms with E-state index in [4.69, 9.17) is 9.47 Å². The van der Waals surface area contributed by atoms with Crippen molar-refractivity contribution in [1.82, 2.24) is 10.2 Å². The van der Waals surface area contributed by atoms with Crippen molar-refractivity contribution in [2.24, 2.45) is 0 Å². The lowest BCUT2D eigenvalue weighted by Crippen LogP contribution is -2.36. The summed E-state index contributed by atoms with van der Waals surface area (Å²) in [4.78, 5) is 2.39. The zero-order valence-electron chi connectivity index (χ0n) is 10.7. The zero-order valence-corrected chi connectivity index (χ0v) is 10.7. The largest absolute Gasteiger partial charge is 0.382 e. The van der Waals surface area contributed by atoms with Crippen molar-refractivity contribution in [2.75, 3.05) is 53.6 Å². The van der Waals surface area contributed by atoms with Gasteiger partial charge in [0.15, 0.2) is 0 Å². The van der Waals surface area contributed by atoms with E-state index in [1.165, 1.54) is 19.4 Å². The number of nitrogens with zero attached hydrogens (tertiary/aromatic N) is 1. The molecular formula is C12H26N2O2. The number of ether oxygens (including phenoxy) is 2. The monoisotopic (exact) mass is 230 g/mol. The van der Waals surface area contributed by atoms with Crippen molar-refractivity contribution in [1.29, 1.82) is 0 Å². The second-order valence-electron chi connectivity index (χ2n) is 4.51. The fraction of sp³-hybridized carbons (Fsp3) is 1.00. The van der Waals surface area contributed by atoms with E-state index < -0.39 is 0 Å². The van der Waals surface area contributed by atoms with Crippen LogP contribution >= 0.6 is 0 Å². The van der Waals surface area contributed by atoms with Crippen LogP contribution in [0.15, 0.2) is 0 Å². The third-order valence-corrected chi connectivity index (χ3v) is 2.95. The normalized spacial score (nSPS) is 20.8. The van der Waals surface area contributed by atoms with Crippen LogP contribution in [0.25, 0.3) is 0 Å². The smallest absolute Gasteiger partial charge is 0.0700 e. The van der Waals surface area contributed by atoms with Gasteiger partial charge in [0, 0.05) is 32.8 Å². The van der Waals surface area contributed by atoms with Crippen molar-refractivity contribution in [3.63, 3.8) is 0 Å². The second kappa shape index (κ2) is 8.93. The van der Waals surface area contributed by atoms with Gasteiger partial charge in [-0.3, -0.25) is 0 Å². The summed E-state index contributed by atoms with van der Waals surface area (Å²) in [6.45, 7) is 5.72. The molecule has 1 aliphatic rings. The minimum absolute atomic E-state index is 0.696. The first-order valence-corrected chi connectivity index (χ1v) is 6.31. The fourth-order valence-electron chi connectivity index (χ4n) is 2.06. The van der Waals surface area contributed by atoms with Crippen molar-refractivity contribution in [3.05, 3.63) is 0 Å². The molecule has 0 radical (unpaired) electrons. The summed E-state index contributed by atoms with van der Waals surface area (Å²) in [5, 5.41) is 3.52. The highest BCUT2D eigenvalue weighted by molar-refractivity contribution is 4.76. The maximum atomic E-state index is 5.43. The van der Waals surface area contributed by atoms with Gasteiger partial charge in [-0.05, 0) is 32.9 Å². The highest BCUT2D eigenvalue weighted by Gasteiger charge is 2.15. The second-order valence-corrected chi connectivity index (χ2v) is 4.51. The van der Waals surface area contributed by atoms with Crippen molar-refractivity contribution >= 4 is 0 Å². The van der Waals surface area contributed by atoms with E-state index in [1.54, 1.807) is 7.11 Å². The molecule has 0 aromatic heterocycles. The quantitative estimate of drug-likeness (QED) is 0.592. The zero-order chi connectivity index (χ0) is 11.6. The molecule has 0 bridgehead atoms. The summed E-state index contributed by atoms with van der Waals surface area (Å²) in [7, 11) is 3.89. The Morgan fingerprint density at radius 1 is 1.31 bits per heavy atom. The van der Waals surface area contributed by atoms with Crippen LogP contribution < -0.4 is 5.32 Å². The number of likely N-dealkylation sites (N-methyl/N-ethyl adjacent to an activating group) is 1. The van der Waals surface area contributed by atoms with Crippen LogP contribution in [0.3, 0.4) is 0 Å². The molecule has 1 unspecified atom stereocenters. The van der Waals surface area contributed by atoms with Gasteiger partial charge in [0.1, 0.15) is 0 Å². The summed E-state index contributed by atoms with van der Waals surface area (Å²) in [5.41, 5.74) is 0. The van der Waals surface area contributed by atoms with Crippen molar-refractivity contribution in [3.8, 4) is 0 Å². The number of rotatable bonds is 9. The Kier molecular flexibility index (Phi) is 7.76. The lowest BCUT2D eigenvalue weighted by atomic mass is 10.2. The molecule has 1 aliphatic heterocycles. The van der Waals surface area contributed by atoms with Crippen LogP contribution in [0.2, 0.25) is 0 Å². The molecule has 96 valence electrons. The third-order valence-electron chi connectivity index (χ3n) is 2.95. The Morgan fingerprint density at radius 3 is 2.88 bits per heavy atom. The molecule has 4 heteroatoms. The SMILES string of the molecule is COCCOCCCN(C)CC1CCCN1. The highest BCUT2D eigenvalue weighted by Crippen LogP contribution is 2.06. The van der Waals surface area contributed by atoms with Crippen LogP contribution in [-0.2, 0) is 9.47 Å². The van der Waals surface area contributed by atoms with Gasteiger partial charge >= 0.3 is 0 Å². The minimum atomic E-state index is 0.696. The summed E-state index contributed by atoms with van der Waals surface area (Å²) < 4.78 is 10.3. The summed E-state index contributed by atoms with van der Waals surface area (Å²) in [5.74, 6) is 0. The first kappa shape index (κ1) is 13.9. The summed E-state index contributed by atoms with van der Waals surface area (Å²) in [6, 6.07) is 0.708. The first-order chi connectivity index (χ1) is 7.83. The van der Waals surface area contributed by atoms with Crippen LogP contribution in [-0.4, -0.2) is 64.6 Å². The van der Waals surface area contributed by atoms with E-state index in [0.717, 1.165) is 26.1 Å². The molecule has 1 N–H and O–H groups in total. The van der Waals surface area contributed by atoms with Gasteiger partial charge in [0.2, 0.25) is 0 Å². The van der Waals surface area contributed by atoms with Crippen LogP contribution in [0.1, 0.15) is 19.3 Å². The van der Waals surface area contributed by atoms with Crippen LogP contribution in [0.4, 0.5) is 0 Å². The molecule has 0 aromatic rings. The molecule has 0 aliphatic carbocycles. The molecule has 4 nitrogen and oxygen atoms in total. The average Bonchev–Trinajstić information content (AvgIpc) is 2.76. The molecule has 0 spiro atoms. The topological polar surface area (TPSA) is 33.7 Å². The molecule has 1 atom stereocenters. The maximum absolute atomic E-state index is 5.43. The van der Waals surface area contributed by atoms with Crippen molar-refractivity contribution in [2.45, 2.75) is 25.3 Å². The van der Waals surface area contributed by atoms with Gasteiger partial charge in [-0.1, -0.05) is 0 Å². The van der Waals surface area contributed by atoms with Crippen molar-refractivity contribution < 1.29 is 9.47 Å². The molecule has 1 saturated heterocycles. The van der Waals surface area contributed by atoms with Gasteiger partial charge in [0.05, 0.1) is 13.2 Å². The lowest BCUT2D eigenvalue weighted by Gasteiger charge is -2.20. The van der Waals surface area contributed by atoms with E-state index >= 15 is 0 Å². The van der Waals surface area contributed by atoms with Gasteiger partial charge in [-0.15, -0.1) is 0 Å². The maximum Gasteiger partial charge on any atom is 0.0700 e. The highest BCUT2D eigenvalue weighted by atomic mass is 16.5. The molecular weight excluding hydrogens is 204 g/mol. The Morgan fingerprint density at radius 2 is 2.19 bits per heavy atom. The third kappa shape index (κ3) is 6.43. The van der Waals surface area contributed by atoms with E-state index in [9.17, 15) is 0 Å². The predicted octanol–water partition coefficient (Wildman–Crippen LogP) is 0.723. The van der Waals surface area contributed by atoms with E-state index in [-0.39, 0.29) is 0 Å².